The van der Waals surface area contributed by atoms with E-state index >= 15 is 0 Å². The summed E-state index contributed by atoms with van der Waals surface area (Å²) in [5, 5.41) is 8.31. The van der Waals surface area contributed by atoms with Crippen molar-refractivity contribution in [1.29, 1.82) is 5.26 Å². The van der Waals surface area contributed by atoms with E-state index in [0.717, 1.165) is 0 Å². The Morgan fingerprint density at radius 2 is 2.00 bits per heavy atom. The lowest BCUT2D eigenvalue weighted by molar-refractivity contribution is 0.368. The van der Waals surface area contributed by atoms with Gasteiger partial charge in [0.1, 0.15) is 11.8 Å². The van der Waals surface area contributed by atoms with E-state index in [4.69, 9.17) is 21.6 Å². The number of sulfonamides is 1. The van der Waals surface area contributed by atoms with Gasteiger partial charge in [0, 0.05) is 11.6 Å². The van der Waals surface area contributed by atoms with Crippen LogP contribution in [0.3, 0.4) is 0 Å². The first-order valence-corrected chi connectivity index (χ1v) is 6.92. The molecule has 0 fully saturated rings. The van der Waals surface area contributed by atoms with Gasteiger partial charge in [-0.25, -0.2) is 8.42 Å². The average Bonchev–Trinajstić information content (AvgIpc) is 2.27. The van der Waals surface area contributed by atoms with Gasteiger partial charge in [-0.05, 0) is 24.3 Å². The van der Waals surface area contributed by atoms with Crippen molar-refractivity contribution in [2.45, 2.75) is 0 Å². The topological polar surface area (TPSA) is 79.2 Å². The maximum absolute atomic E-state index is 11.4. The van der Waals surface area contributed by atoms with E-state index in [2.05, 4.69) is 4.72 Å². The number of alkyl halides is 1. The number of benzene rings is 1. The third kappa shape index (κ3) is 4.93. The van der Waals surface area contributed by atoms with Crippen LogP contribution in [0.4, 0.5) is 5.69 Å². The Labute approximate surface area is 105 Å². The van der Waals surface area contributed by atoms with Crippen molar-refractivity contribution in [3.05, 3.63) is 24.3 Å². The van der Waals surface area contributed by atoms with E-state index in [-0.39, 0.29) is 18.2 Å². The fourth-order valence-corrected chi connectivity index (χ4v) is 2.48. The third-order valence-electron chi connectivity index (χ3n) is 1.78. The molecule has 0 saturated heterocycles. The molecule has 0 bridgehead atoms. The molecular formula is C10H11ClN2O3S. The van der Waals surface area contributed by atoms with Crippen LogP contribution in [-0.4, -0.2) is 26.7 Å². The number of halogens is 1. The first-order valence-electron chi connectivity index (χ1n) is 4.73. The largest absolute Gasteiger partial charge is 0.479 e. The SMILES string of the molecule is N#CCOc1ccc(NS(=O)(=O)CCCl)cc1. The molecule has 17 heavy (non-hydrogen) atoms. The summed E-state index contributed by atoms with van der Waals surface area (Å²) in [5.41, 5.74) is 0.430. The Bertz CT molecular complexity index is 493. The van der Waals surface area contributed by atoms with E-state index in [0.29, 0.717) is 11.4 Å². The second kappa shape index (κ2) is 6.33. The molecule has 0 radical (unpaired) electrons. The van der Waals surface area contributed by atoms with Crippen LogP contribution >= 0.6 is 11.6 Å². The lowest BCUT2D eigenvalue weighted by atomic mass is 10.3. The molecule has 0 spiro atoms. The summed E-state index contributed by atoms with van der Waals surface area (Å²) >= 11 is 5.36. The molecule has 5 nitrogen and oxygen atoms in total. The molecule has 1 rings (SSSR count). The molecule has 1 N–H and O–H groups in total. The van der Waals surface area contributed by atoms with Crippen molar-refractivity contribution in [2.24, 2.45) is 0 Å². The van der Waals surface area contributed by atoms with Crippen LogP contribution in [0.5, 0.6) is 5.75 Å². The molecule has 0 amide bonds. The number of hydrogen-bond acceptors (Lipinski definition) is 4. The zero-order chi connectivity index (χ0) is 12.7. The van der Waals surface area contributed by atoms with E-state index in [1.54, 1.807) is 24.3 Å². The summed E-state index contributed by atoms with van der Waals surface area (Å²) in [6.45, 7) is -0.0443. The van der Waals surface area contributed by atoms with Crippen LogP contribution in [0, 0.1) is 11.3 Å². The van der Waals surface area contributed by atoms with Gasteiger partial charge in [-0.1, -0.05) is 0 Å². The predicted octanol–water partition coefficient (Wildman–Crippen LogP) is 1.57. The highest BCUT2D eigenvalue weighted by atomic mass is 35.5. The second-order valence-electron chi connectivity index (χ2n) is 3.08. The standard InChI is InChI=1S/C10H11ClN2O3S/c11-5-8-17(14,15)13-9-1-3-10(4-2-9)16-7-6-12/h1-4,13H,5,7-8H2. The molecule has 92 valence electrons. The smallest absolute Gasteiger partial charge is 0.233 e. The molecule has 0 aliphatic rings. The third-order valence-corrected chi connectivity index (χ3v) is 3.48. The number of nitriles is 1. The molecule has 1 aromatic rings. The summed E-state index contributed by atoms with van der Waals surface area (Å²) in [5.74, 6) is 0.409. The quantitative estimate of drug-likeness (QED) is 0.799. The Kier molecular flexibility index (Phi) is 5.07. The number of nitrogens with one attached hydrogen (secondary N) is 1. The number of hydrogen-bond donors (Lipinski definition) is 1. The zero-order valence-corrected chi connectivity index (χ0v) is 10.5. The zero-order valence-electron chi connectivity index (χ0n) is 8.89. The van der Waals surface area contributed by atoms with Crippen molar-refractivity contribution >= 4 is 27.3 Å². The van der Waals surface area contributed by atoms with E-state index < -0.39 is 10.0 Å². The van der Waals surface area contributed by atoms with Gasteiger partial charge in [0.25, 0.3) is 0 Å². The second-order valence-corrected chi connectivity index (χ2v) is 5.30. The van der Waals surface area contributed by atoms with Crippen LogP contribution in [-0.2, 0) is 10.0 Å². The minimum absolute atomic E-state index is 0.0404. The van der Waals surface area contributed by atoms with Crippen molar-refractivity contribution in [3.63, 3.8) is 0 Å². The first-order chi connectivity index (χ1) is 8.07. The molecule has 0 aliphatic heterocycles. The molecule has 1 aromatic carbocycles. The highest BCUT2D eigenvalue weighted by Gasteiger charge is 2.08. The lowest BCUT2D eigenvalue weighted by Crippen LogP contribution is -2.17. The highest BCUT2D eigenvalue weighted by Crippen LogP contribution is 2.16. The molecule has 7 heteroatoms. The molecule has 0 aromatic heterocycles. The van der Waals surface area contributed by atoms with E-state index in [9.17, 15) is 8.42 Å². The fourth-order valence-electron chi connectivity index (χ4n) is 1.07. The van der Waals surface area contributed by atoms with Crippen LogP contribution in [0.1, 0.15) is 0 Å². The van der Waals surface area contributed by atoms with Gasteiger partial charge < -0.3 is 4.74 Å². The minimum atomic E-state index is -3.39. The van der Waals surface area contributed by atoms with Crippen LogP contribution < -0.4 is 9.46 Å². The molecule has 0 atom stereocenters. The maximum atomic E-state index is 11.4. The highest BCUT2D eigenvalue weighted by molar-refractivity contribution is 7.92. The molecule has 0 heterocycles. The predicted molar refractivity (Wildman–Crippen MR) is 65.7 cm³/mol. The van der Waals surface area contributed by atoms with E-state index in [1.807, 2.05) is 6.07 Å². The summed E-state index contributed by atoms with van der Waals surface area (Å²) in [6, 6.07) is 8.10. The Morgan fingerprint density at radius 3 is 2.53 bits per heavy atom. The summed E-state index contributed by atoms with van der Waals surface area (Å²) in [6.07, 6.45) is 0. The lowest BCUT2D eigenvalue weighted by Gasteiger charge is -2.07. The Morgan fingerprint density at radius 1 is 1.35 bits per heavy atom. The van der Waals surface area contributed by atoms with Gasteiger partial charge in [0.15, 0.2) is 6.61 Å². The van der Waals surface area contributed by atoms with Crippen molar-refractivity contribution < 1.29 is 13.2 Å². The average molecular weight is 275 g/mol. The van der Waals surface area contributed by atoms with Crippen molar-refractivity contribution in [2.75, 3.05) is 23.0 Å². The number of anilines is 1. The van der Waals surface area contributed by atoms with Gasteiger partial charge in [-0.3, -0.25) is 4.72 Å². The summed E-state index contributed by atoms with van der Waals surface area (Å²) < 4.78 is 30.2. The molecular weight excluding hydrogens is 264 g/mol. The van der Waals surface area contributed by atoms with Crippen molar-refractivity contribution in [1.82, 2.24) is 0 Å². The molecule has 0 saturated carbocycles. The van der Waals surface area contributed by atoms with Gasteiger partial charge in [0.05, 0.1) is 5.75 Å². The number of rotatable bonds is 6. The van der Waals surface area contributed by atoms with Gasteiger partial charge in [0.2, 0.25) is 10.0 Å². The van der Waals surface area contributed by atoms with Crippen LogP contribution in [0.2, 0.25) is 0 Å². The number of ether oxygens (including phenoxy) is 1. The van der Waals surface area contributed by atoms with Crippen LogP contribution in [0.15, 0.2) is 24.3 Å². The Hall–Kier alpha value is -1.45. The van der Waals surface area contributed by atoms with E-state index in [1.165, 1.54) is 0 Å². The number of nitrogens with zero attached hydrogens (tertiary/aromatic N) is 1. The van der Waals surface area contributed by atoms with Gasteiger partial charge >= 0.3 is 0 Å². The minimum Gasteiger partial charge on any atom is -0.479 e. The summed E-state index contributed by atoms with van der Waals surface area (Å²) in [7, 11) is -3.39. The normalized spacial score (nSPS) is 10.6. The summed E-state index contributed by atoms with van der Waals surface area (Å²) in [4.78, 5) is 0. The van der Waals surface area contributed by atoms with Crippen LogP contribution in [0.25, 0.3) is 0 Å². The molecule has 0 aliphatic carbocycles. The first kappa shape index (κ1) is 13.6. The monoisotopic (exact) mass is 274 g/mol. The Balaban J connectivity index is 2.66. The van der Waals surface area contributed by atoms with Gasteiger partial charge in [-0.2, -0.15) is 5.26 Å². The maximum Gasteiger partial charge on any atom is 0.233 e. The van der Waals surface area contributed by atoms with Gasteiger partial charge in [-0.15, -0.1) is 11.6 Å². The molecule has 0 unspecified atom stereocenters. The fraction of sp³-hybridized carbons (Fsp3) is 0.300. The van der Waals surface area contributed by atoms with Crippen molar-refractivity contribution in [3.8, 4) is 11.8 Å².